The third-order valence-electron chi connectivity index (χ3n) is 4.05. The second-order valence-corrected chi connectivity index (χ2v) is 6.54. The SMILES string of the molecule is COC(=O)C1=C(C)N(c2ccc(F)cc2)C(=O)/C1=C\c1sccc1C. The molecular weight excluding hydrogens is 341 g/mol. The quantitative estimate of drug-likeness (QED) is 0.614. The summed E-state index contributed by atoms with van der Waals surface area (Å²) < 4.78 is 18.1. The van der Waals surface area contributed by atoms with Crippen LogP contribution in [-0.4, -0.2) is 19.0 Å². The summed E-state index contributed by atoms with van der Waals surface area (Å²) in [5.41, 5.74) is 2.48. The molecule has 0 saturated heterocycles. The standard InChI is InChI=1S/C19H16FNO3S/c1-11-8-9-25-16(11)10-15-17(19(23)24-3)12(2)21(18(15)22)14-6-4-13(20)5-7-14/h4-10H,1-3H3/b15-10-. The fourth-order valence-electron chi connectivity index (χ4n) is 2.74. The van der Waals surface area contributed by atoms with Crippen molar-refractivity contribution in [2.75, 3.05) is 12.0 Å². The van der Waals surface area contributed by atoms with Gasteiger partial charge in [0.25, 0.3) is 5.91 Å². The number of nitrogens with zero attached hydrogens (tertiary/aromatic N) is 1. The molecule has 2 aromatic rings. The number of hydrogen-bond donors (Lipinski definition) is 0. The van der Waals surface area contributed by atoms with Crippen molar-refractivity contribution in [3.05, 3.63) is 68.8 Å². The highest BCUT2D eigenvalue weighted by atomic mass is 32.1. The molecule has 0 aliphatic carbocycles. The lowest BCUT2D eigenvalue weighted by Crippen LogP contribution is -2.24. The number of hydrogen-bond acceptors (Lipinski definition) is 4. The van der Waals surface area contributed by atoms with Crippen molar-refractivity contribution in [2.24, 2.45) is 0 Å². The Morgan fingerprint density at radius 3 is 2.44 bits per heavy atom. The second-order valence-electron chi connectivity index (χ2n) is 5.59. The molecule has 1 amide bonds. The number of carbonyl (C=O) groups is 2. The van der Waals surface area contributed by atoms with E-state index < -0.39 is 11.8 Å². The maximum atomic E-state index is 13.2. The molecule has 25 heavy (non-hydrogen) atoms. The molecule has 1 aliphatic rings. The van der Waals surface area contributed by atoms with E-state index in [-0.39, 0.29) is 17.1 Å². The molecule has 0 spiro atoms. The molecule has 0 atom stereocenters. The Balaban J connectivity index is 2.14. The summed E-state index contributed by atoms with van der Waals surface area (Å²) in [5, 5.41) is 1.92. The van der Waals surface area contributed by atoms with E-state index in [1.807, 2.05) is 18.4 Å². The van der Waals surface area contributed by atoms with Gasteiger partial charge in [0, 0.05) is 16.3 Å². The zero-order valence-corrected chi connectivity index (χ0v) is 14.8. The van der Waals surface area contributed by atoms with Gasteiger partial charge in [-0.2, -0.15) is 0 Å². The molecule has 0 unspecified atom stereocenters. The first-order valence-corrected chi connectivity index (χ1v) is 8.47. The molecule has 2 heterocycles. The average molecular weight is 357 g/mol. The zero-order chi connectivity index (χ0) is 18.1. The van der Waals surface area contributed by atoms with Crippen LogP contribution in [0.25, 0.3) is 6.08 Å². The molecule has 4 nitrogen and oxygen atoms in total. The van der Waals surface area contributed by atoms with E-state index in [9.17, 15) is 14.0 Å². The molecule has 0 N–H and O–H groups in total. The van der Waals surface area contributed by atoms with E-state index in [1.165, 1.54) is 47.6 Å². The van der Waals surface area contributed by atoms with E-state index >= 15 is 0 Å². The highest BCUT2D eigenvalue weighted by Crippen LogP contribution is 2.36. The minimum Gasteiger partial charge on any atom is -0.465 e. The monoisotopic (exact) mass is 357 g/mol. The summed E-state index contributed by atoms with van der Waals surface area (Å²) in [5.74, 6) is -1.30. The number of methoxy groups -OCH3 is 1. The van der Waals surface area contributed by atoms with E-state index in [0.29, 0.717) is 11.4 Å². The van der Waals surface area contributed by atoms with Gasteiger partial charge in [0.15, 0.2) is 0 Å². The summed E-state index contributed by atoms with van der Waals surface area (Å²) in [6.07, 6.45) is 1.71. The van der Waals surface area contributed by atoms with Gasteiger partial charge in [0.2, 0.25) is 0 Å². The Morgan fingerprint density at radius 2 is 1.88 bits per heavy atom. The van der Waals surface area contributed by atoms with Crippen LogP contribution in [0, 0.1) is 12.7 Å². The lowest BCUT2D eigenvalue weighted by atomic mass is 10.1. The van der Waals surface area contributed by atoms with Gasteiger partial charge in [-0.15, -0.1) is 11.3 Å². The summed E-state index contributed by atoms with van der Waals surface area (Å²) in [7, 11) is 1.28. The summed E-state index contributed by atoms with van der Waals surface area (Å²) in [6.45, 7) is 3.62. The van der Waals surface area contributed by atoms with Crippen molar-refractivity contribution in [3.63, 3.8) is 0 Å². The lowest BCUT2D eigenvalue weighted by Gasteiger charge is -2.17. The molecule has 6 heteroatoms. The largest absolute Gasteiger partial charge is 0.465 e. The molecule has 0 saturated carbocycles. The Kier molecular flexibility index (Phi) is 4.55. The Morgan fingerprint density at radius 1 is 1.20 bits per heavy atom. The van der Waals surface area contributed by atoms with Gasteiger partial charge in [-0.3, -0.25) is 9.69 Å². The van der Waals surface area contributed by atoms with Crippen molar-refractivity contribution in [1.82, 2.24) is 0 Å². The van der Waals surface area contributed by atoms with Gasteiger partial charge in [-0.1, -0.05) is 0 Å². The van der Waals surface area contributed by atoms with Gasteiger partial charge in [-0.25, -0.2) is 9.18 Å². The predicted octanol–water partition coefficient (Wildman–Crippen LogP) is 4.07. The fraction of sp³-hybridized carbons (Fsp3) is 0.158. The zero-order valence-electron chi connectivity index (χ0n) is 14.0. The van der Waals surface area contributed by atoms with Crippen LogP contribution in [0.4, 0.5) is 10.1 Å². The van der Waals surface area contributed by atoms with Crippen LogP contribution >= 0.6 is 11.3 Å². The first-order chi connectivity index (χ1) is 11.9. The predicted molar refractivity (Wildman–Crippen MR) is 95.6 cm³/mol. The van der Waals surface area contributed by atoms with Crippen LogP contribution in [-0.2, 0) is 14.3 Å². The Labute approximate surface area is 148 Å². The minimum atomic E-state index is -0.573. The van der Waals surface area contributed by atoms with Gasteiger partial charge < -0.3 is 4.74 Å². The first kappa shape index (κ1) is 17.1. The van der Waals surface area contributed by atoms with E-state index in [0.717, 1.165) is 10.4 Å². The van der Waals surface area contributed by atoms with Crippen molar-refractivity contribution in [1.29, 1.82) is 0 Å². The molecule has 0 bridgehead atoms. The maximum Gasteiger partial charge on any atom is 0.340 e. The number of carbonyl (C=O) groups excluding carboxylic acids is 2. The maximum absolute atomic E-state index is 13.2. The van der Waals surface area contributed by atoms with Gasteiger partial charge in [0.1, 0.15) is 5.82 Å². The number of halogens is 1. The number of aryl methyl sites for hydroxylation is 1. The fourth-order valence-corrected chi connectivity index (χ4v) is 3.60. The molecule has 1 aromatic carbocycles. The number of rotatable bonds is 3. The highest BCUT2D eigenvalue weighted by molar-refractivity contribution is 7.11. The molecule has 0 fully saturated rings. The van der Waals surface area contributed by atoms with Crippen LogP contribution in [0.3, 0.4) is 0 Å². The second kappa shape index (κ2) is 6.64. The van der Waals surface area contributed by atoms with Crippen LogP contribution < -0.4 is 4.90 Å². The number of ether oxygens (including phenoxy) is 1. The number of esters is 1. The molecule has 1 aliphatic heterocycles. The first-order valence-electron chi connectivity index (χ1n) is 7.59. The van der Waals surface area contributed by atoms with Crippen molar-refractivity contribution >= 4 is 35.0 Å². The summed E-state index contributed by atoms with van der Waals surface area (Å²) in [4.78, 5) is 27.6. The van der Waals surface area contributed by atoms with Crippen LogP contribution in [0.1, 0.15) is 17.4 Å². The number of allylic oxidation sites excluding steroid dienone is 1. The molecule has 3 rings (SSSR count). The minimum absolute atomic E-state index is 0.227. The number of thiophene rings is 1. The van der Waals surface area contributed by atoms with E-state index in [4.69, 9.17) is 4.74 Å². The van der Waals surface area contributed by atoms with Crippen LogP contribution in [0.5, 0.6) is 0 Å². The van der Waals surface area contributed by atoms with Crippen molar-refractivity contribution in [2.45, 2.75) is 13.8 Å². The van der Waals surface area contributed by atoms with E-state index in [2.05, 4.69) is 0 Å². The lowest BCUT2D eigenvalue weighted by molar-refractivity contribution is -0.136. The van der Waals surface area contributed by atoms with Gasteiger partial charge in [0.05, 0.1) is 18.3 Å². The topological polar surface area (TPSA) is 46.6 Å². The normalized spacial score (nSPS) is 16.1. The molecule has 0 radical (unpaired) electrons. The summed E-state index contributed by atoms with van der Waals surface area (Å²) >= 11 is 1.49. The summed E-state index contributed by atoms with van der Waals surface area (Å²) in [6, 6.07) is 7.51. The number of anilines is 1. The van der Waals surface area contributed by atoms with Gasteiger partial charge >= 0.3 is 5.97 Å². The third kappa shape index (κ3) is 3.00. The molecule has 128 valence electrons. The smallest absolute Gasteiger partial charge is 0.340 e. The van der Waals surface area contributed by atoms with Crippen LogP contribution in [0.2, 0.25) is 0 Å². The van der Waals surface area contributed by atoms with Crippen LogP contribution in [0.15, 0.2) is 52.6 Å². The number of benzene rings is 1. The van der Waals surface area contributed by atoms with Gasteiger partial charge in [-0.05, 0) is 61.2 Å². The van der Waals surface area contributed by atoms with Crippen molar-refractivity contribution < 1.29 is 18.7 Å². The van der Waals surface area contributed by atoms with E-state index in [1.54, 1.807) is 13.0 Å². The Bertz CT molecular complexity index is 909. The Hall–Kier alpha value is -2.73. The van der Waals surface area contributed by atoms with Crippen molar-refractivity contribution in [3.8, 4) is 0 Å². The average Bonchev–Trinajstić information content (AvgIpc) is 3.10. The number of amides is 1. The highest BCUT2D eigenvalue weighted by Gasteiger charge is 2.38. The molecule has 1 aromatic heterocycles. The third-order valence-corrected chi connectivity index (χ3v) is 5.02. The molecular formula is C19H16FNO3S.